The first-order valence-corrected chi connectivity index (χ1v) is 8.40. The molecule has 0 aromatic heterocycles. The number of alkyl halides is 2. The van der Waals surface area contributed by atoms with Crippen LogP contribution in [0.2, 0.25) is 0 Å². The molecule has 3 rings (SSSR count). The van der Waals surface area contributed by atoms with Gasteiger partial charge in [0.2, 0.25) is 5.91 Å². The summed E-state index contributed by atoms with van der Waals surface area (Å²) >= 11 is 0. The second-order valence-corrected chi connectivity index (χ2v) is 6.78. The Morgan fingerprint density at radius 1 is 1.19 bits per heavy atom. The summed E-state index contributed by atoms with van der Waals surface area (Å²) in [7, 11) is 3.03. The number of para-hydroxylation sites is 1. The van der Waals surface area contributed by atoms with Crippen molar-refractivity contribution < 1.29 is 23.1 Å². The number of carbonyl (C=O) groups is 2. The molecule has 0 bridgehead atoms. The highest BCUT2D eigenvalue weighted by Crippen LogP contribution is 2.46. The third-order valence-corrected chi connectivity index (χ3v) is 4.89. The van der Waals surface area contributed by atoms with Crippen LogP contribution in [0, 0.1) is 0 Å². The minimum Gasteiger partial charge on any atom is -0.497 e. The molecule has 0 spiro atoms. The molecule has 0 fully saturated rings. The quantitative estimate of drug-likeness (QED) is 0.870. The molecule has 1 heterocycles. The zero-order chi connectivity index (χ0) is 19.8. The average Bonchev–Trinajstić information content (AvgIpc) is 2.84. The lowest BCUT2D eigenvalue weighted by atomic mass is 9.78. The number of nitrogens with one attached hydrogen (secondary N) is 1. The van der Waals surface area contributed by atoms with Crippen LogP contribution in [0.1, 0.15) is 18.9 Å². The van der Waals surface area contributed by atoms with E-state index in [4.69, 9.17) is 4.74 Å². The van der Waals surface area contributed by atoms with Gasteiger partial charge < -0.3 is 15.0 Å². The van der Waals surface area contributed by atoms with Crippen molar-refractivity contribution in [3.8, 4) is 5.75 Å². The summed E-state index contributed by atoms with van der Waals surface area (Å²) < 4.78 is 34.5. The Balaban J connectivity index is 1.82. The summed E-state index contributed by atoms with van der Waals surface area (Å²) in [6.45, 7) is 1.45. The molecule has 5 nitrogen and oxygen atoms in total. The van der Waals surface area contributed by atoms with Crippen LogP contribution < -0.4 is 15.0 Å². The summed E-state index contributed by atoms with van der Waals surface area (Å²) in [5, 5.41) is 2.21. The number of hydrogen-bond acceptors (Lipinski definition) is 3. The first kappa shape index (κ1) is 18.8. The Kier molecular flexibility index (Phi) is 4.63. The van der Waals surface area contributed by atoms with Gasteiger partial charge in [0.1, 0.15) is 5.75 Å². The van der Waals surface area contributed by atoms with E-state index in [0.29, 0.717) is 17.0 Å². The fourth-order valence-corrected chi connectivity index (χ4v) is 3.42. The molecule has 1 unspecified atom stereocenters. The smallest absolute Gasteiger partial charge is 0.326 e. The van der Waals surface area contributed by atoms with Gasteiger partial charge in [-0.25, -0.2) is 0 Å². The summed E-state index contributed by atoms with van der Waals surface area (Å²) in [6.07, 6.45) is -0.915. The Hall–Kier alpha value is -2.96. The van der Waals surface area contributed by atoms with Crippen molar-refractivity contribution in [2.45, 2.75) is 24.7 Å². The van der Waals surface area contributed by atoms with E-state index < -0.39 is 29.6 Å². The van der Waals surface area contributed by atoms with Gasteiger partial charge in [-0.3, -0.25) is 9.59 Å². The maximum Gasteiger partial charge on any atom is 0.326 e. The van der Waals surface area contributed by atoms with Gasteiger partial charge in [0, 0.05) is 24.8 Å². The van der Waals surface area contributed by atoms with Gasteiger partial charge in [-0.15, -0.1) is 0 Å². The number of ether oxygens (including phenoxy) is 1. The van der Waals surface area contributed by atoms with Crippen LogP contribution in [0.3, 0.4) is 0 Å². The van der Waals surface area contributed by atoms with Gasteiger partial charge in [-0.2, -0.15) is 8.78 Å². The number of anilines is 2. The van der Waals surface area contributed by atoms with Crippen molar-refractivity contribution in [3.63, 3.8) is 0 Å². The topological polar surface area (TPSA) is 58.6 Å². The number of amides is 2. The summed E-state index contributed by atoms with van der Waals surface area (Å²) in [6, 6.07) is 12.8. The van der Waals surface area contributed by atoms with Gasteiger partial charge in [0.25, 0.3) is 5.91 Å². The van der Waals surface area contributed by atoms with Crippen LogP contribution in [0.25, 0.3) is 0 Å². The molecular formula is C20H20F2N2O3. The fraction of sp³-hybridized carbons (Fsp3) is 0.300. The molecule has 2 aromatic rings. The van der Waals surface area contributed by atoms with Crippen molar-refractivity contribution >= 4 is 23.2 Å². The molecule has 7 heteroatoms. The molecule has 2 amide bonds. The molecule has 0 saturated heterocycles. The minimum absolute atomic E-state index is 0.223. The number of carbonyl (C=O) groups excluding carboxylic acids is 2. The van der Waals surface area contributed by atoms with Crippen molar-refractivity contribution in [1.82, 2.24) is 0 Å². The Labute approximate surface area is 155 Å². The van der Waals surface area contributed by atoms with Crippen LogP contribution in [-0.2, 0) is 15.0 Å². The summed E-state index contributed by atoms with van der Waals surface area (Å²) in [4.78, 5) is 26.2. The van der Waals surface area contributed by atoms with Crippen molar-refractivity contribution in [1.29, 1.82) is 0 Å². The van der Waals surface area contributed by atoms with Crippen molar-refractivity contribution in [2.24, 2.45) is 0 Å². The van der Waals surface area contributed by atoms with E-state index in [1.165, 1.54) is 31.1 Å². The van der Waals surface area contributed by atoms with Crippen LogP contribution >= 0.6 is 0 Å². The first-order valence-electron chi connectivity index (χ1n) is 8.40. The zero-order valence-corrected chi connectivity index (χ0v) is 15.3. The number of likely N-dealkylation sites (N-methyl/N-ethyl adjacent to an activating group) is 1. The van der Waals surface area contributed by atoms with E-state index in [-0.39, 0.29) is 5.69 Å². The van der Waals surface area contributed by atoms with Crippen LogP contribution in [0.15, 0.2) is 48.5 Å². The average molecular weight is 374 g/mol. The van der Waals surface area contributed by atoms with Gasteiger partial charge in [0.15, 0.2) is 0 Å². The third kappa shape index (κ3) is 3.25. The van der Waals surface area contributed by atoms with Crippen LogP contribution in [-0.4, -0.2) is 31.9 Å². The van der Waals surface area contributed by atoms with E-state index in [9.17, 15) is 18.4 Å². The second-order valence-electron chi connectivity index (χ2n) is 6.78. The molecule has 1 aliphatic heterocycles. The fourth-order valence-electron chi connectivity index (χ4n) is 3.42. The van der Waals surface area contributed by atoms with Gasteiger partial charge in [-0.1, -0.05) is 18.2 Å². The number of methoxy groups -OCH3 is 1. The normalized spacial score (nSPS) is 19.0. The highest BCUT2D eigenvalue weighted by atomic mass is 19.3. The maximum absolute atomic E-state index is 14.7. The van der Waals surface area contributed by atoms with Gasteiger partial charge >= 0.3 is 5.92 Å². The van der Waals surface area contributed by atoms with E-state index in [1.54, 1.807) is 43.4 Å². The maximum atomic E-state index is 14.7. The Morgan fingerprint density at radius 3 is 2.44 bits per heavy atom. The predicted octanol–water partition coefficient (Wildman–Crippen LogP) is 3.59. The Bertz CT molecular complexity index is 883. The van der Waals surface area contributed by atoms with Crippen LogP contribution in [0.5, 0.6) is 5.75 Å². The van der Waals surface area contributed by atoms with E-state index in [1.807, 2.05) is 0 Å². The number of nitrogens with zero attached hydrogens (tertiary/aromatic N) is 1. The molecular weight excluding hydrogens is 354 g/mol. The van der Waals surface area contributed by atoms with E-state index in [2.05, 4.69) is 5.32 Å². The number of rotatable bonds is 5. The number of benzene rings is 2. The Morgan fingerprint density at radius 2 is 1.81 bits per heavy atom. The minimum atomic E-state index is -3.73. The SMILES string of the molecule is COc1ccc(NC(=O)C(F)(F)CC2(C)C(=O)N(C)c3ccccc32)cc1. The molecule has 0 saturated carbocycles. The number of hydrogen-bond donors (Lipinski definition) is 1. The first-order chi connectivity index (χ1) is 12.7. The molecule has 1 aliphatic rings. The summed E-state index contributed by atoms with van der Waals surface area (Å²) in [5.74, 6) is -5.10. The molecule has 27 heavy (non-hydrogen) atoms. The predicted molar refractivity (Wildman–Crippen MR) is 98.4 cm³/mol. The van der Waals surface area contributed by atoms with Gasteiger partial charge in [0.05, 0.1) is 12.5 Å². The zero-order valence-electron chi connectivity index (χ0n) is 15.3. The lowest BCUT2D eigenvalue weighted by molar-refractivity contribution is -0.144. The second kappa shape index (κ2) is 6.64. The highest BCUT2D eigenvalue weighted by molar-refractivity contribution is 6.08. The lowest BCUT2D eigenvalue weighted by Crippen LogP contribution is -2.45. The monoisotopic (exact) mass is 374 g/mol. The number of fused-ring (bicyclic) bond motifs is 1. The van der Waals surface area contributed by atoms with E-state index in [0.717, 1.165) is 0 Å². The third-order valence-electron chi connectivity index (χ3n) is 4.89. The standard InChI is InChI=1S/C20H20F2N2O3/c1-19(15-6-4-5-7-16(15)24(2)18(19)26)12-20(21,22)17(25)23-13-8-10-14(27-3)11-9-13/h4-11H,12H2,1-3H3,(H,23,25). The molecule has 1 atom stereocenters. The number of halogens is 2. The highest BCUT2D eigenvalue weighted by Gasteiger charge is 2.54. The molecule has 142 valence electrons. The molecule has 0 aliphatic carbocycles. The summed E-state index contributed by atoms with van der Waals surface area (Å²) in [5.41, 5.74) is -0.182. The molecule has 1 N–H and O–H groups in total. The largest absolute Gasteiger partial charge is 0.497 e. The van der Waals surface area contributed by atoms with Gasteiger partial charge in [-0.05, 0) is 42.8 Å². The van der Waals surface area contributed by atoms with Crippen molar-refractivity contribution in [2.75, 3.05) is 24.4 Å². The molecule has 2 aromatic carbocycles. The van der Waals surface area contributed by atoms with E-state index >= 15 is 0 Å². The lowest BCUT2D eigenvalue weighted by Gasteiger charge is -2.27. The molecule has 0 radical (unpaired) electrons. The van der Waals surface area contributed by atoms with Crippen LogP contribution in [0.4, 0.5) is 20.2 Å². The van der Waals surface area contributed by atoms with Crippen molar-refractivity contribution in [3.05, 3.63) is 54.1 Å².